The van der Waals surface area contributed by atoms with Crippen molar-refractivity contribution in [2.45, 2.75) is 116 Å². The quantitative estimate of drug-likeness (QED) is 0.0275. The summed E-state index contributed by atoms with van der Waals surface area (Å²) in [6.45, 7) is 5.33. The Labute approximate surface area is 269 Å². The molecule has 0 aliphatic rings. The van der Waals surface area contributed by atoms with Crippen LogP contribution in [0.3, 0.4) is 0 Å². The predicted molar refractivity (Wildman–Crippen MR) is 182 cm³/mol. The molecule has 0 saturated heterocycles. The van der Waals surface area contributed by atoms with E-state index < -0.39 is 13.9 Å². The van der Waals surface area contributed by atoms with Crippen LogP contribution in [-0.4, -0.2) is 75.6 Å². The highest BCUT2D eigenvalue weighted by molar-refractivity contribution is 7.47. The minimum absolute atomic E-state index is 0.0805. The van der Waals surface area contributed by atoms with E-state index in [1.165, 1.54) is 19.3 Å². The van der Waals surface area contributed by atoms with E-state index in [2.05, 4.69) is 62.5 Å². The number of hydrogen-bond acceptors (Lipinski definition) is 6. The largest absolute Gasteiger partial charge is 0.472 e. The van der Waals surface area contributed by atoms with Crippen molar-refractivity contribution >= 4 is 13.8 Å². The Morgan fingerprint density at radius 3 is 1.95 bits per heavy atom. The summed E-state index contributed by atoms with van der Waals surface area (Å²) >= 11 is 0. The van der Waals surface area contributed by atoms with Crippen LogP contribution in [0.5, 0.6) is 0 Å². The molecule has 2 unspecified atom stereocenters. The van der Waals surface area contributed by atoms with Crippen LogP contribution in [0.2, 0.25) is 0 Å². The minimum Gasteiger partial charge on any atom is -0.457 e. The molecule has 0 spiro atoms. The molecule has 0 aromatic heterocycles. The normalized spacial score (nSPS) is 14.8. The number of carbonyl (C=O) groups excluding carboxylic acids is 1. The van der Waals surface area contributed by atoms with Gasteiger partial charge < -0.3 is 18.9 Å². The van der Waals surface area contributed by atoms with E-state index in [0.717, 1.165) is 70.6 Å². The van der Waals surface area contributed by atoms with Crippen molar-refractivity contribution < 1.29 is 37.3 Å². The van der Waals surface area contributed by atoms with Gasteiger partial charge in [0.2, 0.25) is 0 Å². The number of ether oxygens (including phenoxy) is 2. The molecule has 0 aliphatic heterocycles. The monoisotopic (exact) mass is 642 g/mol. The molecule has 44 heavy (non-hydrogen) atoms. The third kappa shape index (κ3) is 31.9. The lowest BCUT2D eigenvalue weighted by Crippen LogP contribution is -2.37. The van der Waals surface area contributed by atoms with E-state index in [1.54, 1.807) is 0 Å². The first-order chi connectivity index (χ1) is 21.1. The maximum Gasteiger partial charge on any atom is 0.472 e. The molecule has 2 atom stereocenters. The number of allylic oxidation sites excluding steroid dienone is 8. The van der Waals surface area contributed by atoms with E-state index in [1.807, 2.05) is 21.1 Å². The smallest absolute Gasteiger partial charge is 0.457 e. The van der Waals surface area contributed by atoms with Crippen molar-refractivity contribution in [2.75, 3.05) is 54.1 Å². The van der Waals surface area contributed by atoms with Gasteiger partial charge in [-0.15, -0.1) is 0 Å². The molecule has 0 radical (unpaired) electrons. The molecule has 8 nitrogen and oxygen atoms in total. The number of rotatable bonds is 30. The summed E-state index contributed by atoms with van der Waals surface area (Å²) in [7, 11) is 1.63. The topological polar surface area (TPSA) is 91.3 Å². The number of quaternary nitrogens is 1. The second-order valence-electron chi connectivity index (χ2n) is 12.2. The predicted octanol–water partition coefficient (Wildman–Crippen LogP) is 8.87. The summed E-state index contributed by atoms with van der Waals surface area (Å²) < 4.78 is 34.5. The van der Waals surface area contributed by atoms with Crippen LogP contribution >= 0.6 is 7.82 Å². The van der Waals surface area contributed by atoms with E-state index >= 15 is 0 Å². The van der Waals surface area contributed by atoms with Gasteiger partial charge in [-0.3, -0.25) is 13.8 Å². The maximum atomic E-state index is 12.4. The Morgan fingerprint density at radius 2 is 1.32 bits per heavy atom. The fourth-order valence-corrected chi connectivity index (χ4v) is 4.75. The van der Waals surface area contributed by atoms with Gasteiger partial charge in [0.1, 0.15) is 19.3 Å². The molecule has 0 aromatic rings. The second-order valence-corrected chi connectivity index (χ2v) is 13.6. The molecule has 0 bridgehead atoms. The summed E-state index contributed by atoms with van der Waals surface area (Å²) in [5.41, 5.74) is 0. The van der Waals surface area contributed by atoms with Crippen molar-refractivity contribution in [3.05, 3.63) is 48.6 Å². The molecule has 9 heteroatoms. The zero-order valence-electron chi connectivity index (χ0n) is 28.6. The van der Waals surface area contributed by atoms with Crippen LogP contribution in [0.15, 0.2) is 48.6 Å². The van der Waals surface area contributed by atoms with Crippen molar-refractivity contribution in [1.82, 2.24) is 0 Å². The molecule has 0 rings (SSSR count). The Balaban J connectivity index is 4.33. The van der Waals surface area contributed by atoms with Crippen molar-refractivity contribution in [1.29, 1.82) is 0 Å². The summed E-state index contributed by atoms with van der Waals surface area (Å²) in [6, 6.07) is 0. The average Bonchev–Trinajstić information content (AvgIpc) is 2.96. The van der Waals surface area contributed by atoms with Gasteiger partial charge in [-0.05, 0) is 51.4 Å². The number of phosphoric ester groups is 1. The van der Waals surface area contributed by atoms with Gasteiger partial charge in [0.15, 0.2) is 0 Å². The van der Waals surface area contributed by atoms with E-state index in [-0.39, 0.29) is 25.8 Å². The summed E-state index contributed by atoms with van der Waals surface area (Å²) in [5, 5.41) is 0. The Kier molecular flexibility index (Phi) is 27.9. The lowest BCUT2D eigenvalue weighted by molar-refractivity contribution is -0.870. The van der Waals surface area contributed by atoms with Crippen LogP contribution in [0.25, 0.3) is 0 Å². The highest BCUT2D eigenvalue weighted by Gasteiger charge is 2.26. The van der Waals surface area contributed by atoms with Gasteiger partial charge in [0.05, 0.1) is 34.4 Å². The zero-order chi connectivity index (χ0) is 32.8. The summed E-state index contributed by atoms with van der Waals surface area (Å²) in [6.07, 6.45) is 31.7. The first-order valence-corrected chi connectivity index (χ1v) is 18.4. The second kappa shape index (κ2) is 28.9. The fraction of sp³-hybridized carbons (Fsp3) is 0.743. The zero-order valence-corrected chi connectivity index (χ0v) is 29.5. The molecule has 256 valence electrons. The average molecular weight is 643 g/mol. The van der Waals surface area contributed by atoms with Crippen molar-refractivity contribution in [3.8, 4) is 0 Å². The number of unbranched alkanes of at least 4 members (excludes halogenated alkanes) is 8. The molecule has 0 heterocycles. The standard InChI is InChI=1S/C35H64NO7P/c1-6-8-10-12-14-15-16-17-18-19-20-21-22-23-25-27-30-40-32-34(43-35(37)28-26-24-13-11-9-7-2)33-42-44(38,39)41-31-29-36(3,4)5/h8,10,14-15,17-18,20-21,34H,6-7,9,11-13,16,19,22-33H2,1-5H3/p+1/b10-8-,15-14-,18-17-,21-20-. The fourth-order valence-electron chi connectivity index (χ4n) is 4.01. The summed E-state index contributed by atoms with van der Waals surface area (Å²) in [5.74, 6) is -0.339. The number of hydrogen-bond donors (Lipinski definition) is 1. The van der Waals surface area contributed by atoms with E-state index in [9.17, 15) is 14.3 Å². The maximum absolute atomic E-state index is 12.4. The van der Waals surface area contributed by atoms with Crippen LogP contribution in [0, 0.1) is 0 Å². The first kappa shape index (κ1) is 42.5. The van der Waals surface area contributed by atoms with Gasteiger partial charge >= 0.3 is 13.8 Å². The van der Waals surface area contributed by atoms with Crippen LogP contribution < -0.4 is 0 Å². The molecule has 1 N–H and O–H groups in total. The third-order valence-electron chi connectivity index (χ3n) is 6.65. The number of carbonyl (C=O) groups is 1. The van der Waals surface area contributed by atoms with Crippen LogP contribution in [0.4, 0.5) is 0 Å². The van der Waals surface area contributed by atoms with Gasteiger partial charge in [-0.1, -0.05) is 101 Å². The minimum atomic E-state index is -4.26. The van der Waals surface area contributed by atoms with Crippen molar-refractivity contribution in [3.63, 3.8) is 0 Å². The molecular formula is C35H65NO7P+. The van der Waals surface area contributed by atoms with Crippen LogP contribution in [0.1, 0.15) is 110 Å². The number of likely N-dealkylation sites (N-methyl/N-ethyl adjacent to an activating group) is 1. The molecule has 0 aliphatic carbocycles. The molecular weight excluding hydrogens is 577 g/mol. The molecule has 0 fully saturated rings. The third-order valence-corrected chi connectivity index (χ3v) is 7.64. The van der Waals surface area contributed by atoms with E-state index in [0.29, 0.717) is 24.1 Å². The van der Waals surface area contributed by atoms with Gasteiger partial charge in [0.25, 0.3) is 0 Å². The molecule has 0 aromatic carbocycles. The Hall–Kier alpha value is -1.54. The number of esters is 1. The SMILES string of the molecule is CC/C=C\C/C=C\C/C=C\C/C=C\CCCCCOCC(COP(=O)(O)OCC[N+](C)(C)C)OC(=O)CCCCCCCC. The molecule has 0 amide bonds. The lowest BCUT2D eigenvalue weighted by atomic mass is 10.1. The number of phosphoric acid groups is 1. The highest BCUT2D eigenvalue weighted by Crippen LogP contribution is 2.43. The van der Waals surface area contributed by atoms with Crippen LogP contribution in [-0.2, 0) is 27.9 Å². The Morgan fingerprint density at radius 1 is 0.727 bits per heavy atom. The van der Waals surface area contributed by atoms with Gasteiger partial charge in [-0.2, -0.15) is 0 Å². The summed E-state index contributed by atoms with van der Waals surface area (Å²) in [4.78, 5) is 22.5. The highest BCUT2D eigenvalue weighted by atomic mass is 31.2. The lowest BCUT2D eigenvalue weighted by Gasteiger charge is -2.24. The Bertz CT molecular complexity index is 849. The first-order valence-electron chi connectivity index (χ1n) is 16.9. The number of nitrogens with zero attached hydrogens (tertiary/aromatic N) is 1. The van der Waals surface area contributed by atoms with Crippen molar-refractivity contribution in [2.24, 2.45) is 0 Å². The molecule has 0 saturated carbocycles. The van der Waals surface area contributed by atoms with Gasteiger partial charge in [-0.25, -0.2) is 4.57 Å². The van der Waals surface area contributed by atoms with Gasteiger partial charge in [0, 0.05) is 13.0 Å². The van der Waals surface area contributed by atoms with E-state index in [4.69, 9.17) is 18.5 Å².